The van der Waals surface area contributed by atoms with Gasteiger partial charge in [-0.2, -0.15) is 0 Å². The normalized spacial score (nSPS) is 14.8. The third-order valence-electron chi connectivity index (χ3n) is 4.17. The van der Waals surface area contributed by atoms with Gasteiger partial charge in [0, 0.05) is 13.5 Å². The number of nitrogens with zero attached hydrogens (tertiary/aromatic N) is 2. The lowest BCUT2D eigenvalue weighted by Crippen LogP contribution is -2.36. The fraction of sp³-hybridized carbons (Fsp3) is 0.467. The third-order valence-corrected chi connectivity index (χ3v) is 4.17. The van der Waals surface area contributed by atoms with E-state index in [0.29, 0.717) is 6.42 Å². The van der Waals surface area contributed by atoms with E-state index in [9.17, 15) is 9.90 Å². The van der Waals surface area contributed by atoms with Gasteiger partial charge in [0.15, 0.2) is 0 Å². The largest absolute Gasteiger partial charge is 0.481 e. The Morgan fingerprint density at radius 3 is 2.58 bits per heavy atom. The van der Waals surface area contributed by atoms with Crippen LogP contribution in [-0.4, -0.2) is 20.6 Å². The van der Waals surface area contributed by atoms with Crippen LogP contribution in [0.1, 0.15) is 26.6 Å². The molecule has 1 unspecified atom stereocenters. The second kappa shape index (κ2) is 4.68. The number of aliphatic carboxylic acids is 1. The van der Waals surface area contributed by atoms with Gasteiger partial charge in [-0.3, -0.25) is 4.79 Å². The molecule has 1 atom stereocenters. The molecule has 1 N–H and O–H groups in total. The number of fused-ring (bicyclic) bond motifs is 1. The Balaban J connectivity index is 2.45. The molecule has 0 saturated heterocycles. The Bertz CT molecular complexity index is 616. The molecular formula is C15H20N2O2. The van der Waals surface area contributed by atoms with Crippen LogP contribution in [0.5, 0.6) is 0 Å². The maximum atomic E-state index is 11.6. The standard InChI is InChI=1S/C15H20N2O2/c1-10(2)15(3,14(18)19)9-13-16-11-7-5-6-8-12(11)17(13)4/h5-8,10H,9H2,1-4H3,(H,18,19). The smallest absolute Gasteiger partial charge is 0.310 e. The van der Waals surface area contributed by atoms with E-state index < -0.39 is 11.4 Å². The highest BCUT2D eigenvalue weighted by Gasteiger charge is 2.38. The van der Waals surface area contributed by atoms with Gasteiger partial charge in [0.2, 0.25) is 0 Å². The van der Waals surface area contributed by atoms with Gasteiger partial charge in [0.25, 0.3) is 0 Å². The first kappa shape index (κ1) is 13.6. The molecular weight excluding hydrogens is 240 g/mol. The Hall–Kier alpha value is -1.84. The first-order chi connectivity index (χ1) is 8.86. The Morgan fingerprint density at radius 2 is 2.05 bits per heavy atom. The molecule has 0 fully saturated rings. The van der Waals surface area contributed by atoms with E-state index in [0.717, 1.165) is 16.9 Å². The Kier molecular flexibility index (Phi) is 3.35. The summed E-state index contributed by atoms with van der Waals surface area (Å²) in [7, 11) is 1.94. The maximum absolute atomic E-state index is 11.6. The van der Waals surface area contributed by atoms with Crippen molar-refractivity contribution < 1.29 is 9.90 Å². The monoisotopic (exact) mass is 260 g/mol. The van der Waals surface area contributed by atoms with Crippen molar-refractivity contribution in [3.8, 4) is 0 Å². The van der Waals surface area contributed by atoms with Crippen molar-refractivity contribution in [2.24, 2.45) is 18.4 Å². The molecule has 4 nitrogen and oxygen atoms in total. The van der Waals surface area contributed by atoms with Crippen molar-refractivity contribution in [2.45, 2.75) is 27.2 Å². The van der Waals surface area contributed by atoms with Crippen molar-refractivity contribution in [1.82, 2.24) is 9.55 Å². The summed E-state index contributed by atoms with van der Waals surface area (Å²) < 4.78 is 1.99. The van der Waals surface area contributed by atoms with E-state index in [-0.39, 0.29) is 5.92 Å². The van der Waals surface area contributed by atoms with Crippen LogP contribution >= 0.6 is 0 Å². The fourth-order valence-corrected chi connectivity index (χ4v) is 2.21. The molecule has 1 aromatic heterocycles. The molecule has 0 radical (unpaired) electrons. The predicted octanol–water partition coefficient (Wildman–Crippen LogP) is 2.86. The van der Waals surface area contributed by atoms with Crippen LogP contribution < -0.4 is 0 Å². The average Bonchev–Trinajstić information content (AvgIpc) is 2.66. The lowest BCUT2D eigenvalue weighted by atomic mass is 9.76. The lowest BCUT2D eigenvalue weighted by molar-refractivity contribution is -0.150. The highest BCUT2D eigenvalue weighted by Crippen LogP contribution is 2.32. The van der Waals surface area contributed by atoms with Gasteiger partial charge in [-0.1, -0.05) is 26.0 Å². The van der Waals surface area contributed by atoms with Gasteiger partial charge in [-0.05, 0) is 25.0 Å². The quantitative estimate of drug-likeness (QED) is 0.919. The third kappa shape index (κ3) is 2.23. The molecule has 0 aliphatic carbocycles. The molecule has 0 aliphatic heterocycles. The Morgan fingerprint density at radius 1 is 1.42 bits per heavy atom. The zero-order valence-electron chi connectivity index (χ0n) is 11.8. The van der Waals surface area contributed by atoms with Crippen LogP contribution in [0.3, 0.4) is 0 Å². The fourth-order valence-electron chi connectivity index (χ4n) is 2.21. The Labute approximate surface area is 113 Å². The number of carboxylic acids is 1. The van der Waals surface area contributed by atoms with E-state index in [1.807, 2.05) is 49.7 Å². The van der Waals surface area contributed by atoms with Crippen molar-refractivity contribution in [2.75, 3.05) is 0 Å². The van der Waals surface area contributed by atoms with E-state index in [2.05, 4.69) is 4.98 Å². The van der Waals surface area contributed by atoms with Gasteiger partial charge >= 0.3 is 5.97 Å². The van der Waals surface area contributed by atoms with Crippen LogP contribution in [-0.2, 0) is 18.3 Å². The van der Waals surface area contributed by atoms with Gasteiger partial charge in [0.1, 0.15) is 5.82 Å². The molecule has 0 aliphatic rings. The molecule has 0 bridgehead atoms. The van der Waals surface area contributed by atoms with Crippen molar-refractivity contribution in [3.05, 3.63) is 30.1 Å². The van der Waals surface area contributed by atoms with Crippen LogP contribution in [0.15, 0.2) is 24.3 Å². The number of benzene rings is 1. The number of aryl methyl sites for hydroxylation is 1. The minimum Gasteiger partial charge on any atom is -0.481 e. The number of hydrogen-bond donors (Lipinski definition) is 1. The molecule has 4 heteroatoms. The van der Waals surface area contributed by atoms with Crippen LogP contribution in [0, 0.1) is 11.3 Å². The van der Waals surface area contributed by atoms with E-state index in [4.69, 9.17) is 0 Å². The van der Waals surface area contributed by atoms with Crippen molar-refractivity contribution in [3.63, 3.8) is 0 Å². The number of carbonyl (C=O) groups is 1. The van der Waals surface area contributed by atoms with Gasteiger partial charge in [-0.15, -0.1) is 0 Å². The van der Waals surface area contributed by atoms with Crippen LogP contribution in [0.4, 0.5) is 0 Å². The number of imidazole rings is 1. The first-order valence-corrected chi connectivity index (χ1v) is 6.50. The average molecular weight is 260 g/mol. The zero-order valence-corrected chi connectivity index (χ0v) is 11.8. The summed E-state index contributed by atoms with van der Waals surface area (Å²) in [4.78, 5) is 16.1. The molecule has 102 valence electrons. The minimum atomic E-state index is -0.796. The van der Waals surface area contributed by atoms with Crippen molar-refractivity contribution in [1.29, 1.82) is 0 Å². The van der Waals surface area contributed by atoms with Gasteiger partial charge in [0.05, 0.1) is 16.4 Å². The highest BCUT2D eigenvalue weighted by molar-refractivity contribution is 5.77. The summed E-state index contributed by atoms with van der Waals surface area (Å²) >= 11 is 0. The molecule has 2 aromatic rings. The predicted molar refractivity (Wildman–Crippen MR) is 75.0 cm³/mol. The molecule has 19 heavy (non-hydrogen) atoms. The topological polar surface area (TPSA) is 55.1 Å². The molecule has 2 rings (SSSR count). The zero-order chi connectivity index (χ0) is 14.2. The molecule has 0 saturated carbocycles. The summed E-state index contributed by atoms with van der Waals surface area (Å²) in [5, 5.41) is 9.49. The number of hydrogen-bond acceptors (Lipinski definition) is 2. The lowest BCUT2D eigenvalue weighted by Gasteiger charge is -2.28. The van der Waals surface area contributed by atoms with Crippen LogP contribution in [0.25, 0.3) is 11.0 Å². The van der Waals surface area contributed by atoms with E-state index in [1.54, 1.807) is 6.92 Å². The molecule has 0 amide bonds. The minimum absolute atomic E-state index is 0.0461. The molecule has 0 spiro atoms. The number of carboxylic acid groups (broad SMARTS) is 1. The summed E-state index contributed by atoms with van der Waals surface area (Å²) in [5.74, 6) is 0.0965. The molecule has 1 heterocycles. The summed E-state index contributed by atoms with van der Waals surface area (Å²) in [5.41, 5.74) is 1.15. The van der Waals surface area contributed by atoms with Gasteiger partial charge in [-0.25, -0.2) is 4.98 Å². The van der Waals surface area contributed by atoms with Crippen molar-refractivity contribution >= 4 is 17.0 Å². The number of aromatic nitrogens is 2. The second-order valence-corrected chi connectivity index (χ2v) is 5.63. The van der Waals surface area contributed by atoms with E-state index in [1.165, 1.54) is 0 Å². The summed E-state index contributed by atoms with van der Waals surface area (Å²) in [6, 6.07) is 7.86. The highest BCUT2D eigenvalue weighted by atomic mass is 16.4. The summed E-state index contributed by atoms with van der Waals surface area (Å²) in [6.07, 6.45) is 0.436. The second-order valence-electron chi connectivity index (χ2n) is 5.63. The number of rotatable bonds is 4. The van der Waals surface area contributed by atoms with Gasteiger partial charge < -0.3 is 9.67 Å². The SMILES string of the molecule is CC(C)C(C)(Cc1nc2ccccc2n1C)C(=O)O. The summed E-state index contributed by atoms with van der Waals surface area (Å²) in [6.45, 7) is 5.67. The maximum Gasteiger partial charge on any atom is 0.310 e. The number of para-hydroxylation sites is 2. The first-order valence-electron chi connectivity index (χ1n) is 6.50. The molecule has 1 aromatic carbocycles. The van der Waals surface area contributed by atoms with Crippen LogP contribution in [0.2, 0.25) is 0 Å². The van der Waals surface area contributed by atoms with E-state index >= 15 is 0 Å².